The topological polar surface area (TPSA) is 43.4 Å². The Labute approximate surface area is 86.1 Å². The van der Waals surface area contributed by atoms with Crippen LogP contribution in [0, 0.1) is 0 Å². The minimum Gasteiger partial charge on any atom is -0.260 e. The molecular formula is C5H7Cl3O3S. The molecule has 0 radical (unpaired) electrons. The fourth-order valence-electron chi connectivity index (χ4n) is 1.06. The summed E-state index contributed by atoms with van der Waals surface area (Å²) >= 11 is 16.4. The van der Waals surface area contributed by atoms with Gasteiger partial charge in [-0.2, -0.15) is 8.42 Å². The Balaban J connectivity index is 2.78. The fraction of sp³-hybridized carbons (Fsp3) is 1.00. The van der Waals surface area contributed by atoms with Gasteiger partial charge in [-0.1, -0.05) is 41.7 Å². The van der Waals surface area contributed by atoms with Gasteiger partial charge in [-0.15, -0.1) is 0 Å². The molecule has 0 saturated carbocycles. The van der Waals surface area contributed by atoms with Gasteiger partial charge in [0.25, 0.3) is 10.1 Å². The first-order chi connectivity index (χ1) is 5.29. The highest BCUT2D eigenvalue weighted by Gasteiger charge is 2.56. The first-order valence-corrected chi connectivity index (χ1v) is 5.88. The third-order valence-corrected chi connectivity index (χ3v) is 4.11. The molecule has 0 unspecified atom stereocenters. The lowest BCUT2D eigenvalue weighted by molar-refractivity contribution is 0.139. The maximum Gasteiger partial charge on any atom is 0.273 e. The molecule has 1 aliphatic heterocycles. The van der Waals surface area contributed by atoms with Gasteiger partial charge in [-0.3, -0.25) is 4.18 Å². The van der Waals surface area contributed by atoms with Crippen molar-refractivity contribution in [1.29, 1.82) is 0 Å². The third kappa shape index (κ3) is 1.82. The lowest BCUT2D eigenvalue weighted by atomic mass is 10.2. The summed E-state index contributed by atoms with van der Waals surface area (Å²) in [5.74, 6) is 0. The molecule has 0 bridgehead atoms. The van der Waals surface area contributed by atoms with Gasteiger partial charge in [0, 0.05) is 0 Å². The Kier molecular flexibility index (Phi) is 2.87. The molecule has 0 spiro atoms. The van der Waals surface area contributed by atoms with Crippen molar-refractivity contribution >= 4 is 44.9 Å². The zero-order valence-corrected chi connectivity index (χ0v) is 9.21. The molecule has 0 aromatic rings. The summed E-state index contributed by atoms with van der Waals surface area (Å²) in [4.78, 5) is 0. The first kappa shape index (κ1) is 10.9. The molecule has 12 heavy (non-hydrogen) atoms. The summed E-state index contributed by atoms with van der Waals surface area (Å²) in [6, 6.07) is 0. The molecule has 1 heterocycles. The molecule has 72 valence electrons. The van der Waals surface area contributed by atoms with Crippen LogP contribution in [0.2, 0.25) is 0 Å². The van der Waals surface area contributed by atoms with E-state index in [9.17, 15) is 8.42 Å². The number of rotatable bonds is 1. The normalized spacial score (nSPS) is 34.3. The van der Waals surface area contributed by atoms with Crippen LogP contribution >= 0.6 is 34.8 Å². The standard InChI is InChI=1S/C5H7Cl3O3S/c1-2-3-4(5(6,7)8)11-12(3,9)10/h3-4H,2H2,1H3/t3-,4-/m1/s1. The quantitative estimate of drug-likeness (QED) is 0.529. The second-order valence-electron chi connectivity index (χ2n) is 2.50. The predicted octanol–water partition coefficient (Wildman–Crippen LogP) is 1.86. The molecule has 0 aromatic carbocycles. The van der Waals surface area contributed by atoms with Crippen LogP contribution in [0.3, 0.4) is 0 Å². The number of hydrogen-bond donors (Lipinski definition) is 0. The SMILES string of the molecule is CC[C@@H]1[C@H](C(Cl)(Cl)Cl)OS1(=O)=O. The van der Waals surface area contributed by atoms with E-state index in [-0.39, 0.29) is 0 Å². The van der Waals surface area contributed by atoms with Gasteiger partial charge in [0.2, 0.25) is 3.79 Å². The largest absolute Gasteiger partial charge is 0.273 e. The Morgan fingerprint density at radius 1 is 1.42 bits per heavy atom. The molecule has 1 aliphatic rings. The van der Waals surface area contributed by atoms with Crippen LogP contribution in [0.5, 0.6) is 0 Å². The monoisotopic (exact) mass is 252 g/mol. The minimum absolute atomic E-state index is 0.390. The van der Waals surface area contributed by atoms with Crippen LogP contribution in [0.25, 0.3) is 0 Å². The molecule has 0 aliphatic carbocycles. The van der Waals surface area contributed by atoms with Gasteiger partial charge in [0.1, 0.15) is 11.4 Å². The minimum atomic E-state index is -3.46. The van der Waals surface area contributed by atoms with Crippen molar-refractivity contribution in [3.63, 3.8) is 0 Å². The molecule has 0 amide bonds. The van der Waals surface area contributed by atoms with E-state index in [0.29, 0.717) is 6.42 Å². The Hall–Kier alpha value is 0.780. The van der Waals surface area contributed by atoms with E-state index in [0.717, 1.165) is 0 Å². The average molecular weight is 254 g/mol. The zero-order chi connectivity index (χ0) is 9.57. The molecular weight excluding hydrogens is 246 g/mol. The predicted molar refractivity (Wildman–Crippen MR) is 48.2 cm³/mol. The number of halogens is 3. The van der Waals surface area contributed by atoms with E-state index in [2.05, 4.69) is 4.18 Å². The second-order valence-corrected chi connectivity index (χ2v) is 6.65. The van der Waals surface area contributed by atoms with Crippen molar-refractivity contribution in [3.05, 3.63) is 0 Å². The smallest absolute Gasteiger partial charge is 0.260 e. The van der Waals surface area contributed by atoms with Gasteiger partial charge < -0.3 is 0 Å². The summed E-state index contributed by atoms with van der Waals surface area (Å²) < 4.78 is 24.6. The summed E-state index contributed by atoms with van der Waals surface area (Å²) in [6.45, 7) is 1.70. The summed E-state index contributed by atoms with van der Waals surface area (Å²) in [7, 11) is -3.46. The molecule has 1 rings (SSSR count). The van der Waals surface area contributed by atoms with Crippen molar-refractivity contribution in [2.45, 2.75) is 28.5 Å². The van der Waals surface area contributed by atoms with Crippen molar-refractivity contribution < 1.29 is 12.6 Å². The van der Waals surface area contributed by atoms with Gasteiger partial charge in [-0.25, -0.2) is 0 Å². The maximum atomic E-state index is 10.9. The van der Waals surface area contributed by atoms with Gasteiger partial charge in [0.05, 0.1) is 0 Å². The van der Waals surface area contributed by atoms with Crippen LogP contribution in [0.1, 0.15) is 13.3 Å². The molecule has 1 fully saturated rings. The van der Waals surface area contributed by atoms with Crippen molar-refractivity contribution in [1.82, 2.24) is 0 Å². The van der Waals surface area contributed by atoms with E-state index in [1.807, 2.05) is 0 Å². The second kappa shape index (κ2) is 3.17. The Bertz CT molecular complexity index is 268. The van der Waals surface area contributed by atoms with Crippen LogP contribution in [0.4, 0.5) is 0 Å². The van der Waals surface area contributed by atoms with Gasteiger partial charge >= 0.3 is 0 Å². The highest BCUT2D eigenvalue weighted by atomic mass is 35.6. The molecule has 7 heteroatoms. The van der Waals surface area contributed by atoms with Crippen molar-refractivity contribution in [3.8, 4) is 0 Å². The average Bonchev–Trinajstić information content (AvgIpc) is 1.82. The van der Waals surface area contributed by atoms with Gasteiger partial charge in [0.15, 0.2) is 0 Å². The van der Waals surface area contributed by atoms with Crippen LogP contribution in [0.15, 0.2) is 0 Å². The Morgan fingerprint density at radius 2 is 1.92 bits per heavy atom. The number of alkyl halides is 3. The van der Waals surface area contributed by atoms with E-state index >= 15 is 0 Å². The highest BCUT2D eigenvalue weighted by molar-refractivity contribution is 7.88. The highest BCUT2D eigenvalue weighted by Crippen LogP contribution is 2.43. The van der Waals surface area contributed by atoms with Crippen molar-refractivity contribution in [2.24, 2.45) is 0 Å². The summed E-state index contributed by atoms with van der Waals surface area (Å²) in [5, 5.41) is -0.690. The molecule has 0 N–H and O–H groups in total. The molecule has 3 nitrogen and oxygen atoms in total. The van der Waals surface area contributed by atoms with E-state index in [1.165, 1.54) is 0 Å². The first-order valence-electron chi connectivity index (χ1n) is 3.28. The lowest BCUT2D eigenvalue weighted by Gasteiger charge is -2.38. The summed E-state index contributed by atoms with van der Waals surface area (Å²) in [5.41, 5.74) is 0. The molecule has 2 atom stereocenters. The lowest BCUT2D eigenvalue weighted by Crippen LogP contribution is -2.55. The zero-order valence-electron chi connectivity index (χ0n) is 6.13. The van der Waals surface area contributed by atoms with E-state index in [1.54, 1.807) is 6.92 Å². The number of hydrogen-bond acceptors (Lipinski definition) is 3. The van der Waals surface area contributed by atoms with Crippen LogP contribution in [-0.2, 0) is 14.3 Å². The van der Waals surface area contributed by atoms with E-state index in [4.69, 9.17) is 34.8 Å². The van der Waals surface area contributed by atoms with Gasteiger partial charge in [-0.05, 0) is 6.42 Å². The summed E-state index contributed by atoms with van der Waals surface area (Å²) in [6.07, 6.45) is -0.446. The molecule has 0 aromatic heterocycles. The third-order valence-electron chi connectivity index (χ3n) is 1.67. The van der Waals surface area contributed by atoms with Crippen LogP contribution in [-0.4, -0.2) is 23.6 Å². The molecule has 1 saturated heterocycles. The fourth-order valence-corrected chi connectivity index (χ4v) is 3.54. The Morgan fingerprint density at radius 3 is 2.08 bits per heavy atom. The van der Waals surface area contributed by atoms with Crippen molar-refractivity contribution in [2.75, 3.05) is 0 Å². The van der Waals surface area contributed by atoms with E-state index < -0.39 is 25.3 Å². The maximum absolute atomic E-state index is 10.9. The van der Waals surface area contributed by atoms with Crippen LogP contribution < -0.4 is 0 Å².